The summed E-state index contributed by atoms with van der Waals surface area (Å²) < 4.78 is 5.58. The predicted molar refractivity (Wildman–Crippen MR) is 83.9 cm³/mol. The Bertz CT molecular complexity index is 587. The third-order valence-corrected chi connectivity index (χ3v) is 4.35. The van der Waals surface area contributed by atoms with Crippen molar-refractivity contribution in [1.82, 2.24) is 4.90 Å². The Balaban J connectivity index is 1.82. The van der Waals surface area contributed by atoms with Crippen molar-refractivity contribution in [2.45, 2.75) is 38.8 Å². The molecule has 1 aromatic rings. The van der Waals surface area contributed by atoms with Crippen LogP contribution in [-0.2, 0) is 9.53 Å². The van der Waals surface area contributed by atoms with Gasteiger partial charge in [0.2, 0.25) is 5.91 Å². The first-order valence-electron chi connectivity index (χ1n) is 7.89. The number of rotatable bonds is 2. The Morgan fingerprint density at radius 1 is 1.32 bits per heavy atom. The molecule has 5 nitrogen and oxygen atoms in total. The maximum absolute atomic E-state index is 12.8. The Morgan fingerprint density at radius 3 is 2.86 bits per heavy atom. The number of benzene rings is 1. The number of morpholine rings is 1. The normalized spacial score (nSPS) is 25.6. The zero-order valence-corrected chi connectivity index (χ0v) is 13.1. The van der Waals surface area contributed by atoms with Crippen molar-refractivity contribution in [3.8, 4) is 0 Å². The van der Waals surface area contributed by atoms with Crippen molar-refractivity contribution in [2.24, 2.45) is 0 Å². The molecule has 2 aliphatic rings. The number of hydrogen-bond acceptors (Lipinski definition) is 3. The van der Waals surface area contributed by atoms with Gasteiger partial charge in [0, 0.05) is 30.8 Å². The van der Waals surface area contributed by atoms with Crippen LogP contribution in [0.4, 0.5) is 5.69 Å². The van der Waals surface area contributed by atoms with Gasteiger partial charge in [0.15, 0.2) is 0 Å². The van der Waals surface area contributed by atoms with Crippen LogP contribution in [0, 0.1) is 0 Å². The SMILES string of the molecule is CC1CN(C(=O)c2cccc(N3CCCC3=O)c2)C(C)CO1. The molecule has 0 aromatic heterocycles. The van der Waals surface area contributed by atoms with Gasteiger partial charge >= 0.3 is 0 Å². The summed E-state index contributed by atoms with van der Waals surface area (Å²) in [6.07, 6.45) is 1.54. The summed E-state index contributed by atoms with van der Waals surface area (Å²) >= 11 is 0. The van der Waals surface area contributed by atoms with E-state index in [9.17, 15) is 9.59 Å². The fourth-order valence-electron chi connectivity index (χ4n) is 3.08. The molecule has 0 bridgehead atoms. The van der Waals surface area contributed by atoms with Crippen LogP contribution in [-0.4, -0.2) is 48.6 Å². The van der Waals surface area contributed by atoms with Gasteiger partial charge in [-0.1, -0.05) is 6.07 Å². The fourth-order valence-corrected chi connectivity index (χ4v) is 3.08. The van der Waals surface area contributed by atoms with E-state index in [1.165, 1.54) is 0 Å². The van der Waals surface area contributed by atoms with Gasteiger partial charge in [-0.2, -0.15) is 0 Å². The lowest BCUT2D eigenvalue weighted by Gasteiger charge is -2.37. The minimum absolute atomic E-state index is 0.0103. The van der Waals surface area contributed by atoms with Crippen molar-refractivity contribution < 1.29 is 14.3 Å². The largest absolute Gasteiger partial charge is 0.375 e. The van der Waals surface area contributed by atoms with Crippen molar-refractivity contribution in [3.63, 3.8) is 0 Å². The lowest BCUT2D eigenvalue weighted by atomic mass is 10.1. The molecule has 0 spiro atoms. The topological polar surface area (TPSA) is 49.9 Å². The highest BCUT2D eigenvalue weighted by Gasteiger charge is 2.29. The van der Waals surface area contributed by atoms with Gasteiger partial charge in [0.1, 0.15) is 0 Å². The number of ether oxygens (including phenoxy) is 1. The van der Waals surface area contributed by atoms with E-state index in [2.05, 4.69) is 0 Å². The summed E-state index contributed by atoms with van der Waals surface area (Å²) in [7, 11) is 0. The van der Waals surface area contributed by atoms with Gasteiger partial charge in [0.25, 0.3) is 5.91 Å². The summed E-state index contributed by atoms with van der Waals surface area (Å²) in [6.45, 7) is 5.88. The molecule has 0 N–H and O–H groups in total. The van der Waals surface area contributed by atoms with Crippen LogP contribution in [0.25, 0.3) is 0 Å². The summed E-state index contributed by atoms with van der Waals surface area (Å²) in [5.74, 6) is 0.147. The van der Waals surface area contributed by atoms with E-state index >= 15 is 0 Å². The number of amides is 2. The first kappa shape index (κ1) is 15.0. The number of carbonyl (C=O) groups is 2. The maximum Gasteiger partial charge on any atom is 0.254 e. The molecule has 2 heterocycles. The van der Waals surface area contributed by atoms with Crippen LogP contribution in [0.5, 0.6) is 0 Å². The summed E-state index contributed by atoms with van der Waals surface area (Å²) in [4.78, 5) is 28.3. The maximum atomic E-state index is 12.8. The second-order valence-corrected chi connectivity index (χ2v) is 6.15. The van der Waals surface area contributed by atoms with Gasteiger partial charge in [-0.15, -0.1) is 0 Å². The highest BCUT2D eigenvalue weighted by Crippen LogP contribution is 2.24. The lowest BCUT2D eigenvalue weighted by Crippen LogP contribution is -2.50. The second-order valence-electron chi connectivity index (χ2n) is 6.15. The molecule has 1 aromatic carbocycles. The van der Waals surface area contributed by atoms with Crippen molar-refractivity contribution in [3.05, 3.63) is 29.8 Å². The lowest BCUT2D eigenvalue weighted by molar-refractivity contribution is -0.117. The fraction of sp³-hybridized carbons (Fsp3) is 0.529. The first-order valence-corrected chi connectivity index (χ1v) is 7.89. The van der Waals surface area contributed by atoms with Crippen LogP contribution in [0.15, 0.2) is 24.3 Å². The average molecular weight is 302 g/mol. The third-order valence-electron chi connectivity index (χ3n) is 4.35. The number of carbonyl (C=O) groups excluding carboxylic acids is 2. The molecular weight excluding hydrogens is 280 g/mol. The minimum Gasteiger partial charge on any atom is -0.375 e. The minimum atomic E-state index is 0.0103. The zero-order chi connectivity index (χ0) is 15.7. The van der Waals surface area contributed by atoms with E-state index in [1.54, 1.807) is 4.90 Å². The van der Waals surface area contributed by atoms with E-state index < -0.39 is 0 Å². The van der Waals surface area contributed by atoms with Crippen molar-refractivity contribution in [2.75, 3.05) is 24.6 Å². The molecule has 0 saturated carbocycles. The van der Waals surface area contributed by atoms with E-state index in [-0.39, 0.29) is 24.0 Å². The van der Waals surface area contributed by atoms with Gasteiger partial charge in [-0.05, 0) is 38.5 Å². The monoisotopic (exact) mass is 302 g/mol. The van der Waals surface area contributed by atoms with Crippen molar-refractivity contribution >= 4 is 17.5 Å². The zero-order valence-electron chi connectivity index (χ0n) is 13.1. The van der Waals surface area contributed by atoms with Crippen molar-refractivity contribution in [1.29, 1.82) is 0 Å². The Hall–Kier alpha value is -1.88. The molecule has 3 rings (SSSR count). The molecule has 5 heteroatoms. The van der Waals surface area contributed by atoms with Crippen LogP contribution in [0.2, 0.25) is 0 Å². The quantitative estimate of drug-likeness (QED) is 0.840. The Labute approximate surface area is 130 Å². The van der Waals surface area contributed by atoms with Gasteiger partial charge < -0.3 is 14.5 Å². The Kier molecular flexibility index (Phi) is 4.16. The first-order chi connectivity index (χ1) is 10.6. The van der Waals surface area contributed by atoms with E-state index in [4.69, 9.17) is 4.74 Å². The number of hydrogen-bond donors (Lipinski definition) is 0. The number of nitrogens with zero attached hydrogens (tertiary/aromatic N) is 2. The molecule has 2 amide bonds. The van der Waals surface area contributed by atoms with Crippen LogP contribution >= 0.6 is 0 Å². The van der Waals surface area contributed by atoms with E-state index in [0.29, 0.717) is 25.1 Å². The van der Waals surface area contributed by atoms with Gasteiger partial charge in [-0.3, -0.25) is 9.59 Å². The molecule has 2 saturated heterocycles. The predicted octanol–water partition coefficient (Wildman–Crippen LogP) is 2.06. The molecule has 2 atom stereocenters. The average Bonchev–Trinajstić information content (AvgIpc) is 2.95. The standard InChI is InChI=1S/C17H22N2O3/c1-12-11-22-13(2)10-19(12)17(21)14-5-3-6-15(9-14)18-8-4-7-16(18)20/h3,5-6,9,12-13H,4,7-8,10-11H2,1-2H3. The Morgan fingerprint density at radius 2 is 2.14 bits per heavy atom. The summed E-state index contributed by atoms with van der Waals surface area (Å²) in [5, 5.41) is 0. The molecule has 0 radical (unpaired) electrons. The van der Waals surface area contributed by atoms with Crippen LogP contribution in [0.1, 0.15) is 37.0 Å². The highest BCUT2D eigenvalue weighted by atomic mass is 16.5. The van der Waals surface area contributed by atoms with Crippen LogP contribution < -0.4 is 4.90 Å². The van der Waals surface area contributed by atoms with Crippen LogP contribution in [0.3, 0.4) is 0 Å². The molecule has 2 unspecified atom stereocenters. The third kappa shape index (κ3) is 2.86. The summed E-state index contributed by atoms with van der Waals surface area (Å²) in [6, 6.07) is 7.46. The van der Waals surface area contributed by atoms with Gasteiger partial charge in [0.05, 0.1) is 18.8 Å². The molecule has 0 aliphatic carbocycles. The summed E-state index contributed by atoms with van der Waals surface area (Å²) in [5.41, 5.74) is 1.46. The molecule has 2 fully saturated rings. The molecular formula is C17H22N2O3. The highest BCUT2D eigenvalue weighted by molar-refractivity contribution is 5.99. The molecule has 2 aliphatic heterocycles. The smallest absolute Gasteiger partial charge is 0.254 e. The van der Waals surface area contributed by atoms with E-state index in [1.807, 2.05) is 43.0 Å². The van der Waals surface area contributed by atoms with E-state index in [0.717, 1.165) is 18.7 Å². The number of anilines is 1. The molecule has 22 heavy (non-hydrogen) atoms. The molecule has 118 valence electrons. The van der Waals surface area contributed by atoms with Gasteiger partial charge in [-0.25, -0.2) is 0 Å². The second kappa shape index (κ2) is 6.08.